The second-order valence-electron chi connectivity index (χ2n) is 10.1. The Balaban J connectivity index is 1.42. The van der Waals surface area contributed by atoms with Crippen LogP contribution in [0.2, 0.25) is 0 Å². The molecule has 0 amide bonds. The fourth-order valence-electron chi connectivity index (χ4n) is 6.23. The lowest BCUT2D eigenvalue weighted by Gasteiger charge is -2.30. The van der Waals surface area contributed by atoms with Crippen LogP contribution in [0.3, 0.4) is 0 Å². The summed E-state index contributed by atoms with van der Waals surface area (Å²) in [5, 5.41) is 2.70. The SMILES string of the molecule is C1=CC2c3ccc4c(sc5ccccc54)c3N(c3cc(-c4ccccc4)cc(-c4ccccc4)c3)C2C=C1. The number of benzene rings is 5. The predicted molar refractivity (Wildman–Crippen MR) is 164 cm³/mol. The lowest BCUT2D eigenvalue weighted by molar-refractivity contribution is 0.745. The van der Waals surface area contributed by atoms with E-state index >= 15 is 0 Å². The number of rotatable bonds is 3. The summed E-state index contributed by atoms with van der Waals surface area (Å²) in [6.07, 6.45) is 9.17. The maximum absolute atomic E-state index is 2.61. The van der Waals surface area contributed by atoms with E-state index in [2.05, 4.69) is 144 Å². The van der Waals surface area contributed by atoms with Crippen LogP contribution in [0.4, 0.5) is 11.4 Å². The maximum Gasteiger partial charge on any atom is 0.0637 e. The van der Waals surface area contributed by atoms with E-state index in [1.165, 1.54) is 59.4 Å². The summed E-state index contributed by atoms with van der Waals surface area (Å²) in [5.41, 5.74) is 8.98. The summed E-state index contributed by atoms with van der Waals surface area (Å²) in [6.45, 7) is 0. The van der Waals surface area contributed by atoms with Gasteiger partial charge in [-0.15, -0.1) is 11.3 Å². The highest BCUT2D eigenvalue weighted by Gasteiger charge is 2.39. The largest absolute Gasteiger partial charge is 0.332 e. The Labute approximate surface area is 226 Å². The molecule has 0 saturated carbocycles. The van der Waals surface area contributed by atoms with Gasteiger partial charge < -0.3 is 4.90 Å². The van der Waals surface area contributed by atoms with Crippen LogP contribution in [-0.2, 0) is 0 Å². The van der Waals surface area contributed by atoms with E-state index in [-0.39, 0.29) is 6.04 Å². The van der Waals surface area contributed by atoms with Crippen LogP contribution >= 0.6 is 11.3 Å². The first-order valence-electron chi connectivity index (χ1n) is 13.2. The summed E-state index contributed by atoms with van der Waals surface area (Å²) < 4.78 is 2.73. The molecular formula is C36H25NS. The first-order valence-corrected chi connectivity index (χ1v) is 14.0. The van der Waals surface area contributed by atoms with Crippen LogP contribution in [0, 0.1) is 0 Å². The van der Waals surface area contributed by atoms with Gasteiger partial charge in [0.05, 0.1) is 16.4 Å². The van der Waals surface area contributed by atoms with Crippen molar-refractivity contribution in [3.05, 3.63) is 145 Å². The maximum atomic E-state index is 2.61. The van der Waals surface area contributed by atoms with Crippen LogP contribution in [0.25, 0.3) is 42.4 Å². The van der Waals surface area contributed by atoms with Crippen molar-refractivity contribution in [2.45, 2.75) is 12.0 Å². The highest BCUT2D eigenvalue weighted by atomic mass is 32.1. The summed E-state index contributed by atoms with van der Waals surface area (Å²) in [5.74, 6) is 0.338. The van der Waals surface area contributed by atoms with Crippen molar-refractivity contribution >= 4 is 42.9 Å². The van der Waals surface area contributed by atoms with Gasteiger partial charge in [-0.3, -0.25) is 0 Å². The first kappa shape index (κ1) is 21.7. The smallest absolute Gasteiger partial charge is 0.0637 e. The summed E-state index contributed by atoms with van der Waals surface area (Å²) >= 11 is 1.92. The third kappa shape index (κ3) is 3.31. The normalized spacial score (nSPS) is 17.7. The molecule has 1 aromatic heterocycles. The van der Waals surface area contributed by atoms with E-state index in [1.807, 2.05) is 11.3 Å². The van der Waals surface area contributed by atoms with E-state index in [9.17, 15) is 0 Å². The first-order chi connectivity index (χ1) is 18.8. The van der Waals surface area contributed by atoms with Gasteiger partial charge in [0, 0.05) is 27.1 Å². The molecule has 2 atom stereocenters. The standard InChI is InChI=1S/C36H25NS/c1-3-11-24(12-4-1)26-21-27(25-13-5-2-6-14-25)23-28(22-26)37-33-17-9-7-15-29(33)31-19-20-32-30-16-8-10-18-34(30)38-36(32)35(31)37/h1-23,29,33H. The zero-order valence-corrected chi connectivity index (χ0v) is 21.6. The zero-order valence-electron chi connectivity index (χ0n) is 20.8. The zero-order chi connectivity index (χ0) is 25.1. The Hall–Kier alpha value is -4.40. The van der Waals surface area contributed by atoms with Gasteiger partial charge in [-0.05, 0) is 52.1 Å². The van der Waals surface area contributed by atoms with Crippen LogP contribution < -0.4 is 4.90 Å². The van der Waals surface area contributed by atoms with E-state index in [0.717, 1.165) is 0 Å². The minimum absolute atomic E-state index is 0.250. The van der Waals surface area contributed by atoms with Crippen LogP contribution in [0.15, 0.2) is 140 Å². The number of nitrogens with zero attached hydrogens (tertiary/aromatic N) is 1. The molecule has 6 aromatic rings. The number of hydrogen-bond acceptors (Lipinski definition) is 2. The van der Waals surface area contributed by atoms with Gasteiger partial charge in [0.15, 0.2) is 0 Å². The fraction of sp³-hybridized carbons (Fsp3) is 0.0556. The van der Waals surface area contributed by atoms with Gasteiger partial charge in [-0.25, -0.2) is 0 Å². The minimum atomic E-state index is 0.250. The molecule has 2 heterocycles. The molecule has 5 aromatic carbocycles. The Morgan fingerprint density at radius 2 is 1.21 bits per heavy atom. The lowest BCUT2D eigenvalue weighted by Crippen LogP contribution is -2.28. The van der Waals surface area contributed by atoms with Crippen molar-refractivity contribution in [3.8, 4) is 22.3 Å². The Morgan fingerprint density at radius 3 is 1.95 bits per heavy atom. The van der Waals surface area contributed by atoms with Crippen molar-refractivity contribution < 1.29 is 0 Å². The highest BCUT2D eigenvalue weighted by molar-refractivity contribution is 7.26. The second kappa shape index (κ2) is 8.58. The van der Waals surface area contributed by atoms with Crippen molar-refractivity contribution in [2.24, 2.45) is 0 Å². The van der Waals surface area contributed by atoms with E-state index < -0.39 is 0 Å². The van der Waals surface area contributed by atoms with Gasteiger partial charge in [-0.1, -0.05) is 115 Å². The topological polar surface area (TPSA) is 3.24 Å². The van der Waals surface area contributed by atoms with Crippen LogP contribution in [-0.4, -0.2) is 6.04 Å². The van der Waals surface area contributed by atoms with Crippen molar-refractivity contribution in [2.75, 3.05) is 4.90 Å². The Morgan fingerprint density at radius 1 is 0.553 bits per heavy atom. The average Bonchev–Trinajstić information content (AvgIpc) is 3.54. The number of anilines is 2. The average molecular weight is 504 g/mol. The molecule has 2 unspecified atom stereocenters. The Bertz CT molecular complexity index is 1820. The molecule has 1 aliphatic carbocycles. The number of hydrogen-bond donors (Lipinski definition) is 0. The predicted octanol–water partition coefficient (Wildman–Crippen LogP) is 10.1. The third-order valence-electron chi connectivity index (χ3n) is 7.97. The lowest BCUT2D eigenvalue weighted by atomic mass is 9.91. The van der Waals surface area contributed by atoms with Crippen molar-refractivity contribution in [1.82, 2.24) is 0 Å². The molecule has 0 spiro atoms. The molecule has 0 radical (unpaired) electrons. The number of fused-ring (bicyclic) bond motifs is 7. The van der Waals surface area contributed by atoms with Gasteiger partial charge >= 0.3 is 0 Å². The summed E-state index contributed by atoms with van der Waals surface area (Å²) in [7, 11) is 0. The third-order valence-corrected chi connectivity index (χ3v) is 9.16. The molecule has 2 aliphatic rings. The number of allylic oxidation sites excluding steroid dienone is 2. The van der Waals surface area contributed by atoms with Gasteiger partial charge in [0.25, 0.3) is 0 Å². The van der Waals surface area contributed by atoms with Crippen LogP contribution in [0.5, 0.6) is 0 Å². The van der Waals surface area contributed by atoms with Crippen LogP contribution in [0.1, 0.15) is 11.5 Å². The summed E-state index contributed by atoms with van der Waals surface area (Å²) in [4.78, 5) is 2.61. The van der Waals surface area contributed by atoms with Crippen molar-refractivity contribution in [3.63, 3.8) is 0 Å². The molecule has 38 heavy (non-hydrogen) atoms. The van der Waals surface area contributed by atoms with E-state index in [1.54, 1.807) is 0 Å². The van der Waals surface area contributed by atoms with E-state index in [0.29, 0.717) is 5.92 Å². The molecule has 0 bridgehead atoms. The highest BCUT2D eigenvalue weighted by Crippen LogP contribution is 2.54. The molecule has 0 saturated heterocycles. The molecule has 0 N–H and O–H groups in total. The molecule has 180 valence electrons. The molecular weight excluding hydrogens is 478 g/mol. The quantitative estimate of drug-likeness (QED) is 0.232. The summed E-state index contributed by atoms with van der Waals surface area (Å²) in [6, 6.07) is 42.4. The molecule has 2 heteroatoms. The molecule has 0 fully saturated rings. The Kier molecular flexibility index (Phi) is 4.89. The monoisotopic (exact) mass is 503 g/mol. The van der Waals surface area contributed by atoms with Gasteiger partial charge in [0.1, 0.15) is 0 Å². The second-order valence-corrected chi connectivity index (χ2v) is 11.2. The van der Waals surface area contributed by atoms with Gasteiger partial charge in [0.2, 0.25) is 0 Å². The molecule has 8 rings (SSSR count). The molecule has 1 nitrogen and oxygen atoms in total. The van der Waals surface area contributed by atoms with E-state index in [4.69, 9.17) is 0 Å². The van der Waals surface area contributed by atoms with Crippen molar-refractivity contribution in [1.29, 1.82) is 0 Å². The molecule has 1 aliphatic heterocycles. The number of thiophene rings is 1. The fourth-order valence-corrected chi connectivity index (χ4v) is 7.49. The van der Waals surface area contributed by atoms with Gasteiger partial charge in [-0.2, -0.15) is 0 Å². The minimum Gasteiger partial charge on any atom is -0.332 e.